The van der Waals surface area contributed by atoms with E-state index in [-0.39, 0.29) is 11.3 Å². The van der Waals surface area contributed by atoms with Gasteiger partial charge < -0.3 is 10.2 Å². The lowest BCUT2D eigenvalue weighted by Crippen LogP contribution is -2.21. The van der Waals surface area contributed by atoms with Crippen LogP contribution in [-0.2, 0) is 11.8 Å². The van der Waals surface area contributed by atoms with Crippen molar-refractivity contribution in [2.75, 3.05) is 23.8 Å². The maximum absolute atomic E-state index is 12.7. The summed E-state index contributed by atoms with van der Waals surface area (Å²) in [5.74, 6) is -0.210. The second-order valence-electron chi connectivity index (χ2n) is 8.21. The summed E-state index contributed by atoms with van der Waals surface area (Å²) in [4.78, 5) is 23.1. The molecule has 2 aromatic heterocycles. The molecule has 0 saturated carbocycles. The molecular weight excluding hydrogens is 360 g/mol. The van der Waals surface area contributed by atoms with Crippen LogP contribution in [0.3, 0.4) is 0 Å². The molecule has 5 heteroatoms. The van der Waals surface area contributed by atoms with Gasteiger partial charge in [0.25, 0.3) is 5.91 Å². The monoisotopic (exact) mass is 388 g/mol. The van der Waals surface area contributed by atoms with Crippen molar-refractivity contribution in [2.45, 2.75) is 32.6 Å². The number of carbonyl (C=O) groups excluding carboxylic acids is 1. The SMILES string of the molecule is CN(CCc1ccncc1)c1ccnc(C(=O)Nc2ccc(C(C)(C)C)cc2)c1. The zero-order chi connectivity index (χ0) is 20.9. The van der Waals surface area contributed by atoms with Crippen LogP contribution in [0.1, 0.15) is 42.4 Å². The first-order valence-corrected chi connectivity index (χ1v) is 9.81. The third-order valence-corrected chi connectivity index (χ3v) is 4.91. The first kappa shape index (κ1) is 20.5. The Morgan fingerprint density at radius 2 is 1.69 bits per heavy atom. The van der Waals surface area contributed by atoms with Crippen molar-refractivity contribution in [1.82, 2.24) is 9.97 Å². The van der Waals surface area contributed by atoms with Crippen molar-refractivity contribution in [3.05, 3.63) is 83.9 Å². The van der Waals surface area contributed by atoms with Crippen molar-refractivity contribution in [1.29, 1.82) is 0 Å². The highest BCUT2D eigenvalue weighted by atomic mass is 16.1. The van der Waals surface area contributed by atoms with Crippen molar-refractivity contribution >= 4 is 17.3 Å². The van der Waals surface area contributed by atoms with Gasteiger partial charge in [-0.2, -0.15) is 0 Å². The number of nitrogens with zero attached hydrogens (tertiary/aromatic N) is 3. The molecule has 5 nitrogen and oxygen atoms in total. The first-order chi connectivity index (χ1) is 13.8. The topological polar surface area (TPSA) is 58.1 Å². The van der Waals surface area contributed by atoms with Crippen LogP contribution in [0.4, 0.5) is 11.4 Å². The molecule has 3 rings (SSSR count). The predicted molar refractivity (Wildman–Crippen MR) is 119 cm³/mol. The van der Waals surface area contributed by atoms with Crippen LogP contribution < -0.4 is 10.2 Å². The smallest absolute Gasteiger partial charge is 0.274 e. The minimum atomic E-state index is -0.210. The van der Waals surface area contributed by atoms with E-state index in [9.17, 15) is 4.79 Å². The zero-order valence-corrected chi connectivity index (χ0v) is 17.5. The molecule has 0 saturated heterocycles. The second-order valence-corrected chi connectivity index (χ2v) is 8.21. The summed E-state index contributed by atoms with van der Waals surface area (Å²) < 4.78 is 0. The van der Waals surface area contributed by atoms with E-state index in [2.05, 4.69) is 41.0 Å². The maximum Gasteiger partial charge on any atom is 0.274 e. The Bertz CT molecular complexity index is 947. The molecule has 3 aromatic rings. The Balaban J connectivity index is 1.64. The molecule has 0 aliphatic rings. The fourth-order valence-corrected chi connectivity index (χ4v) is 3.01. The highest BCUT2D eigenvalue weighted by Gasteiger charge is 2.14. The number of amides is 1. The van der Waals surface area contributed by atoms with Gasteiger partial charge in [-0.1, -0.05) is 32.9 Å². The molecular formula is C24H28N4O. The van der Waals surface area contributed by atoms with Crippen LogP contribution in [0.25, 0.3) is 0 Å². The highest BCUT2D eigenvalue weighted by Crippen LogP contribution is 2.23. The summed E-state index contributed by atoms with van der Waals surface area (Å²) in [5.41, 5.74) is 4.67. The molecule has 0 aliphatic heterocycles. The van der Waals surface area contributed by atoms with Gasteiger partial charge in [-0.25, -0.2) is 0 Å². The maximum atomic E-state index is 12.7. The molecule has 0 atom stereocenters. The van der Waals surface area contributed by atoms with Crippen molar-refractivity contribution in [3.63, 3.8) is 0 Å². The van der Waals surface area contributed by atoms with Crippen LogP contribution in [0.5, 0.6) is 0 Å². The van der Waals surface area contributed by atoms with Crippen molar-refractivity contribution in [2.24, 2.45) is 0 Å². The van der Waals surface area contributed by atoms with E-state index in [0.717, 1.165) is 24.3 Å². The summed E-state index contributed by atoms with van der Waals surface area (Å²) in [5, 5.41) is 2.93. The lowest BCUT2D eigenvalue weighted by Gasteiger charge is -2.20. The molecule has 1 N–H and O–H groups in total. The van der Waals surface area contributed by atoms with E-state index in [4.69, 9.17) is 0 Å². The van der Waals surface area contributed by atoms with E-state index >= 15 is 0 Å². The van der Waals surface area contributed by atoms with Crippen LogP contribution >= 0.6 is 0 Å². The quantitative estimate of drug-likeness (QED) is 0.665. The third-order valence-electron chi connectivity index (χ3n) is 4.91. The van der Waals surface area contributed by atoms with E-state index in [1.165, 1.54) is 11.1 Å². The van der Waals surface area contributed by atoms with Gasteiger partial charge >= 0.3 is 0 Å². The minimum absolute atomic E-state index is 0.0826. The molecule has 0 radical (unpaired) electrons. The number of benzene rings is 1. The molecule has 0 unspecified atom stereocenters. The Hall–Kier alpha value is -3.21. The van der Waals surface area contributed by atoms with Gasteiger partial charge in [0, 0.05) is 43.6 Å². The lowest BCUT2D eigenvalue weighted by molar-refractivity contribution is 0.102. The van der Waals surface area contributed by atoms with Gasteiger partial charge in [0.15, 0.2) is 0 Å². The number of pyridine rings is 2. The number of hydrogen-bond acceptors (Lipinski definition) is 4. The van der Waals surface area contributed by atoms with Crippen molar-refractivity contribution in [3.8, 4) is 0 Å². The Labute approximate surface area is 172 Å². The molecule has 0 spiro atoms. The van der Waals surface area contributed by atoms with Gasteiger partial charge in [-0.05, 0) is 59.4 Å². The Morgan fingerprint density at radius 3 is 2.34 bits per heavy atom. The number of rotatable bonds is 6. The lowest BCUT2D eigenvalue weighted by atomic mass is 9.87. The average molecular weight is 389 g/mol. The summed E-state index contributed by atoms with van der Waals surface area (Å²) >= 11 is 0. The fourth-order valence-electron chi connectivity index (χ4n) is 3.01. The van der Waals surface area contributed by atoms with E-state index in [1.807, 2.05) is 55.6 Å². The molecule has 150 valence electrons. The molecule has 0 fully saturated rings. The number of carbonyl (C=O) groups is 1. The minimum Gasteiger partial charge on any atom is -0.374 e. The van der Waals surface area contributed by atoms with Gasteiger partial charge in [-0.3, -0.25) is 14.8 Å². The molecule has 1 aromatic carbocycles. The van der Waals surface area contributed by atoms with Crippen LogP contribution in [0, 0.1) is 0 Å². The van der Waals surface area contributed by atoms with Gasteiger partial charge in [0.05, 0.1) is 0 Å². The van der Waals surface area contributed by atoms with Gasteiger partial charge in [-0.15, -0.1) is 0 Å². The third kappa shape index (κ3) is 5.64. The molecule has 29 heavy (non-hydrogen) atoms. The molecule has 0 bridgehead atoms. The van der Waals surface area contributed by atoms with Crippen LogP contribution in [0.15, 0.2) is 67.1 Å². The molecule has 1 amide bonds. The van der Waals surface area contributed by atoms with Crippen molar-refractivity contribution < 1.29 is 4.79 Å². The predicted octanol–water partition coefficient (Wildman–Crippen LogP) is 4.71. The number of likely N-dealkylation sites (N-methyl/N-ethyl adjacent to an activating group) is 1. The normalized spacial score (nSPS) is 11.2. The number of hydrogen-bond donors (Lipinski definition) is 1. The number of aromatic nitrogens is 2. The summed E-state index contributed by atoms with van der Waals surface area (Å²) in [7, 11) is 2.02. The molecule has 0 aliphatic carbocycles. The van der Waals surface area contributed by atoms with E-state index in [0.29, 0.717) is 5.69 Å². The van der Waals surface area contributed by atoms with Crippen LogP contribution in [-0.4, -0.2) is 29.5 Å². The standard InChI is InChI=1S/C24H28N4O/c1-24(2,3)19-5-7-20(8-6-19)27-23(29)22-17-21(11-15-26-22)28(4)16-12-18-9-13-25-14-10-18/h5-11,13-15,17H,12,16H2,1-4H3,(H,27,29). The van der Waals surface area contributed by atoms with E-state index < -0.39 is 0 Å². The summed E-state index contributed by atoms with van der Waals surface area (Å²) in [6.07, 6.45) is 6.19. The highest BCUT2D eigenvalue weighted by molar-refractivity contribution is 6.03. The summed E-state index contributed by atoms with van der Waals surface area (Å²) in [6, 6.07) is 15.7. The Morgan fingerprint density at radius 1 is 1.00 bits per heavy atom. The second kappa shape index (κ2) is 8.86. The fraction of sp³-hybridized carbons (Fsp3) is 0.292. The molecule has 2 heterocycles. The zero-order valence-electron chi connectivity index (χ0n) is 17.5. The average Bonchev–Trinajstić information content (AvgIpc) is 2.72. The summed E-state index contributed by atoms with van der Waals surface area (Å²) in [6.45, 7) is 7.34. The van der Waals surface area contributed by atoms with Crippen LogP contribution in [0.2, 0.25) is 0 Å². The number of anilines is 2. The van der Waals surface area contributed by atoms with E-state index in [1.54, 1.807) is 18.6 Å². The largest absolute Gasteiger partial charge is 0.374 e. The van der Waals surface area contributed by atoms with Gasteiger partial charge in [0.1, 0.15) is 5.69 Å². The Kier molecular flexibility index (Phi) is 6.27. The number of nitrogens with one attached hydrogen (secondary N) is 1. The first-order valence-electron chi connectivity index (χ1n) is 9.81. The van der Waals surface area contributed by atoms with Gasteiger partial charge in [0.2, 0.25) is 0 Å².